The average molecular weight is 385 g/mol. The third-order valence-electron chi connectivity index (χ3n) is 4.76. The number of nitro benzene ring substituents is 1. The molecule has 0 spiro atoms. The molecule has 2 aromatic carbocycles. The molecule has 6 nitrogen and oxygen atoms in total. The Hall–Kier alpha value is -2.54. The normalized spacial score (nSPS) is 16.8. The molecule has 3 rings (SSSR count). The van der Waals surface area contributed by atoms with E-state index >= 15 is 0 Å². The number of piperidine rings is 1. The first-order chi connectivity index (χ1) is 13.0. The van der Waals surface area contributed by atoms with Crippen LogP contribution in [0.25, 0.3) is 0 Å². The Kier molecular flexibility index (Phi) is 6.01. The maximum Gasteiger partial charge on any atom is 0.293 e. The highest BCUT2D eigenvalue weighted by Crippen LogP contribution is 2.32. The Morgan fingerprint density at radius 2 is 2.11 bits per heavy atom. The molecule has 0 aromatic heterocycles. The first kappa shape index (κ1) is 19.2. The van der Waals surface area contributed by atoms with Gasteiger partial charge in [0.2, 0.25) is 0 Å². The Morgan fingerprint density at radius 1 is 1.30 bits per heavy atom. The van der Waals surface area contributed by atoms with E-state index < -0.39 is 4.92 Å². The van der Waals surface area contributed by atoms with E-state index in [9.17, 15) is 14.9 Å². The highest BCUT2D eigenvalue weighted by atomic mass is 32.2. The number of benzene rings is 2. The van der Waals surface area contributed by atoms with Crippen molar-refractivity contribution in [1.82, 2.24) is 0 Å². The number of nitro groups is 1. The van der Waals surface area contributed by atoms with Crippen LogP contribution in [-0.4, -0.2) is 30.2 Å². The standard InChI is InChI=1S/C20H23N3O3S/c1-14-5-4-10-22(13-14)18-9-8-15(11-19(18)23(25)26)20(24)21-16-6-3-7-17(12-16)27-2/h3,6-9,11-12,14H,4-5,10,13H2,1-2H3,(H,21,24)/t14-/m0/s1. The third-order valence-corrected chi connectivity index (χ3v) is 5.48. The fraction of sp³-hybridized carbons (Fsp3) is 0.350. The third kappa shape index (κ3) is 4.60. The van der Waals surface area contributed by atoms with Crippen LogP contribution < -0.4 is 10.2 Å². The number of nitrogens with zero attached hydrogens (tertiary/aromatic N) is 2. The van der Waals surface area contributed by atoms with Gasteiger partial charge in [-0.2, -0.15) is 0 Å². The molecule has 0 saturated carbocycles. The van der Waals surface area contributed by atoms with Crippen LogP contribution in [0.5, 0.6) is 0 Å². The van der Waals surface area contributed by atoms with Crippen molar-refractivity contribution < 1.29 is 9.72 Å². The molecule has 1 fully saturated rings. The first-order valence-corrected chi connectivity index (χ1v) is 10.2. The monoisotopic (exact) mass is 385 g/mol. The second-order valence-electron chi connectivity index (χ2n) is 6.84. The summed E-state index contributed by atoms with van der Waals surface area (Å²) >= 11 is 1.58. The molecule has 0 aliphatic carbocycles. The number of anilines is 2. The van der Waals surface area contributed by atoms with Gasteiger partial charge in [0, 0.05) is 35.3 Å². The van der Waals surface area contributed by atoms with Crippen molar-refractivity contribution in [2.24, 2.45) is 5.92 Å². The summed E-state index contributed by atoms with van der Waals surface area (Å²) < 4.78 is 0. The van der Waals surface area contributed by atoms with Crippen LogP contribution in [0.4, 0.5) is 17.1 Å². The van der Waals surface area contributed by atoms with Crippen molar-refractivity contribution >= 4 is 34.7 Å². The summed E-state index contributed by atoms with van der Waals surface area (Å²) in [5.74, 6) is 0.153. The molecule has 142 valence electrons. The van der Waals surface area contributed by atoms with Gasteiger partial charge in [0.25, 0.3) is 11.6 Å². The van der Waals surface area contributed by atoms with E-state index in [0.717, 1.165) is 30.8 Å². The van der Waals surface area contributed by atoms with Crippen LogP contribution in [0.2, 0.25) is 0 Å². The number of amides is 1. The quantitative estimate of drug-likeness (QED) is 0.454. The average Bonchev–Trinajstić information content (AvgIpc) is 2.67. The topological polar surface area (TPSA) is 75.5 Å². The predicted molar refractivity (Wildman–Crippen MR) is 110 cm³/mol. The lowest BCUT2D eigenvalue weighted by Gasteiger charge is -2.32. The highest BCUT2D eigenvalue weighted by molar-refractivity contribution is 7.98. The second kappa shape index (κ2) is 8.43. The van der Waals surface area contributed by atoms with Crippen molar-refractivity contribution in [3.63, 3.8) is 0 Å². The van der Waals surface area contributed by atoms with Crippen LogP contribution in [0.15, 0.2) is 47.4 Å². The zero-order valence-electron chi connectivity index (χ0n) is 15.5. The highest BCUT2D eigenvalue weighted by Gasteiger charge is 2.25. The largest absolute Gasteiger partial charge is 0.366 e. The minimum absolute atomic E-state index is 0.0189. The molecular formula is C20H23N3O3S. The zero-order valence-corrected chi connectivity index (χ0v) is 16.3. The summed E-state index contributed by atoms with van der Waals surface area (Å²) in [5, 5.41) is 14.4. The molecule has 1 aliphatic heterocycles. The molecule has 1 saturated heterocycles. The van der Waals surface area contributed by atoms with Gasteiger partial charge in [-0.15, -0.1) is 11.8 Å². The predicted octanol–water partition coefficient (Wildman–Crippen LogP) is 4.81. The summed E-state index contributed by atoms with van der Waals surface area (Å²) in [6, 6.07) is 12.2. The Morgan fingerprint density at radius 3 is 2.81 bits per heavy atom. The maximum absolute atomic E-state index is 12.6. The summed E-state index contributed by atoms with van der Waals surface area (Å²) in [6.07, 6.45) is 4.12. The van der Waals surface area contributed by atoms with E-state index in [1.165, 1.54) is 6.07 Å². The number of nitrogens with one attached hydrogen (secondary N) is 1. The summed E-state index contributed by atoms with van der Waals surface area (Å²) in [7, 11) is 0. The fourth-order valence-corrected chi connectivity index (χ4v) is 3.85. The van der Waals surface area contributed by atoms with E-state index in [-0.39, 0.29) is 17.2 Å². The molecule has 7 heteroatoms. The molecule has 0 unspecified atom stereocenters. The molecule has 0 bridgehead atoms. The molecule has 1 amide bonds. The number of hydrogen-bond donors (Lipinski definition) is 1. The van der Waals surface area contributed by atoms with Gasteiger partial charge < -0.3 is 10.2 Å². The van der Waals surface area contributed by atoms with Crippen LogP contribution in [0, 0.1) is 16.0 Å². The van der Waals surface area contributed by atoms with Gasteiger partial charge in [-0.3, -0.25) is 14.9 Å². The summed E-state index contributed by atoms with van der Waals surface area (Å²) in [4.78, 5) is 26.9. The molecule has 1 N–H and O–H groups in total. The van der Waals surface area contributed by atoms with Gasteiger partial charge in [0.15, 0.2) is 0 Å². The number of carbonyl (C=O) groups is 1. The number of rotatable bonds is 5. The molecule has 0 radical (unpaired) electrons. The van der Waals surface area contributed by atoms with Crippen molar-refractivity contribution in [1.29, 1.82) is 0 Å². The lowest BCUT2D eigenvalue weighted by atomic mass is 9.99. The molecule has 1 atom stereocenters. The number of thioether (sulfide) groups is 1. The molecular weight excluding hydrogens is 362 g/mol. The molecule has 1 heterocycles. The zero-order chi connectivity index (χ0) is 19.4. The van der Waals surface area contributed by atoms with Gasteiger partial charge in [-0.25, -0.2) is 0 Å². The van der Waals surface area contributed by atoms with Gasteiger partial charge in [0.05, 0.1) is 4.92 Å². The summed E-state index contributed by atoms with van der Waals surface area (Å²) in [5.41, 5.74) is 1.52. The van der Waals surface area contributed by atoms with Gasteiger partial charge in [-0.05, 0) is 55.3 Å². The summed E-state index contributed by atoms with van der Waals surface area (Å²) in [6.45, 7) is 3.76. The van der Waals surface area contributed by atoms with Crippen LogP contribution in [0.1, 0.15) is 30.1 Å². The van der Waals surface area contributed by atoms with E-state index in [1.54, 1.807) is 30.0 Å². The van der Waals surface area contributed by atoms with Crippen molar-refractivity contribution in [3.05, 3.63) is 58.1 Å². The van der Waals surface area contributed by atoms with Gasteiger partial charge in [0.1, 0.15) is 5.69 Å². The smallest absolute Gasteiger partial charge is 0.293 e. The SMILES string of the molecule is CSc1cccc(NC(=O)c2ccc(N3CCC[C@H](C)C3)c([N+](=O)[O-])c2)c1. The first-order valence-electron chi connectivity index (χ1n) is 8.96. The lowest BCUT2D eigenvalue weighted by Crippen LogP contribution is -2.34. The van der Waals surface area contributed by atoms with E-state index in [1.807, 2.05) is 24.5 Å². The van der Waals surface area contributed by atoms with Gasteiger partial charge in [-0.1, -0.05) is 13.0 Å². The fourth-order valence-electron chi connectivity index (χ4n) is 3.39. The van der Waals surface area contributed by atoms with Gasteiger partial charge >= 0.3 is 0 Å². The van der Waals surface area contributed by atoms with E-state index in [0.29, 0.717) is 17.3 Å². The van der Waals surface area contributed by atoms with Crippen molar-refractivity contribution in [3.8, 4) is 0 Å². The minimum atomic E-state index is -0.403. The second-order valence-corrected chi connectivity index (χ2v) is 7.72. The van der Waals surface area contributed by atoms with Crippen LogP contribution in [0.3, 0.4) is 0 Å². The maximum atomic E-state index is 12.6. The Labute approximate surface area is 163 Å². The van der Waals surface area contributed by atoms with E-state index in [2.05, 4.69) is 17.1 Å². The van der Waals surface area contributed by atoms with Crippen LogP contribution >= 0.6 is 11.8 Å². The Bertz CT molecular complexity index is 856. The van der Waals surface area contributed by atoms with E-state index in [4.69, 9.17) is 0 Å². The molecule has 1 aliphatic rings. The van der Waals surface area contributed by atoms with Crippen molar-refractivity contribution in [2.45, 2.75) is 24.7 Å². The minimum Gasteiger partial charge on any atom is -0.366 e. The van der Waals surface area contributed by atoms with Crippen molar-refractivity contribution in [2.75, 3.05) is 29.6 Å². The number of carbonyl (C=O) groups excluding carboxylic acids is 1. The number of hydrogen-bond acceptors (Lipinski definition) is 5. The molecule has 2 aromatic rings. The Balaban J connectivity index is 1.84. The molecule has 27 heavy (non-hydrogen) atoms. The van der Waals surface area contributed by atoms with Crippen LogP contribution in [-0.2, 0) is 0 Å². The lowest BCUT2D eigenvalue weighted by molar-refractivity contribution is -0.384.